The van der Waals surface area contributed by atoms with Gasteiger partial charge in [0, 0.05) is 28.7 Å². The predicted octanol–water partition coefficient (Wildman–Crippen LogP) is 3.67. The van der Waals surface area contributed by atoms with Gasteiger partial charge in [0.05, 0.1) is 15.1 Å². The number of esters is 2. The molecule has 4 nitrogen and oxygen atoms in total. The first-order valence-electron chi connectivity index (χ1n) is 4.99. The van der Waals surface area contributed by atoms with Crippen molar-refractivity contribution in [2.75, 3.05) is 6.61 Å². The molecule has 0 saturated carbocycles. The van der Waals surface area contributed by atoms with Gasteiger partial charge in [-0.05, 0) is 13.0 Å². The first kappa shape index (κ1) is 19.3. The summed E-state index contributed by atoms with van der Waals surface area (Å²) in [5.41, 5.74) is 0.112. The summed E-state index contributed by atoms with van der Waals surface area (Å²) < 4.78 is 9.51. The maximum absolute atomic E-state index is 11.3. The Morgan fingerprint density at radius 1 is 1.15 bits per heavy atom. The quantitative estimate of drug-likeness (QED) is 0.260. The van der Waals surface area contributed by atoms with Crippen molar-refractivity contribution < 1.29 is 36.1 Å². The minimum absolute atomic E-state index is 0. The third-order valence-electron chi connectivity index (χ3n) is 1.88. The molecule has 0 N–H and O–H groups in total. The van der Waals surface area contributed by atoms with Crippen LogP contribution < -0.4 is 4.74 Å². The van der Waals surface area contributed by atoms with Crippen LogP contribution in [0.4, 0.5) is 0 Å². The molecule has 0 amide bonds. The van der Waals surface area contributed by atoms with Crippen LogP contribution in [0.15, 0.2) is 24.3 Å². The van der Waals surface area contributed by atoms with E-state index in [-0.39, 0.29) is 43.5 Å². The fourth-order valence-electron chi connectivity index (χ4n) is 0.972. The third kappa shape index (κ3) is 5.73. The van der Waals surface area contributed by atoms with E-state index in [4.69, 9.17) is 39.5 Å². The molecule has 113 valence electrons. The Morgan fingerprint density at radius 3 is 2.25 bits per heavy atom. The molecule has 0 heterocycles. The van der Waals surface area contributed by atoms with Gasteiger partial charge in [-0.3, -0.25) is 0 Å². The van der Waals surface area contributed by atoms with Gasteiger partial charge in [0.1, 0.15) is 5.75 Å². The predicted molar refractivity (Wildman–Crippen MR) is 72.9 cm³/mol. The average Bonchev–Trinajstić information content (AvgIpc) is 2.32. The molecule has 20 heavy (non-hydrogen) atoms. The minimum atomic E-state index is -0.866. The van der Waals surface area contributed by atoms with E-state index in [1.165, 1.54) is 19.1 Å². The Kier molecular flexibility index (Phi) is 8.24. The van der Waals surface area contributed by atoms with Crippen molar-refractivity contribution in [2.24, 2.45) is 0 Å². The molecule has 1 radical (unpaired) electrons. The van der Waals surface area contributed by atoms with Crippen molar-refractivity contribution in [3.05, 3.63) is 39.4 Å². The van der Waals surface area contributed by atoms with Gasteiger partial charge in [0.15, 0.2) is 6.61 Å². The Morgan fingerprint density at radius 2 is 1.70 bits per heavy atom. The minimum Gasteiger partial charge on any atom is -0.480 e. The maximum atomic E-state index is 11.3. The van der Waals surface area contributed by atoms with Crippen molar-refractivity contribution in [3.63, 3.8) is 0 Å². The smallest absolute Gasteiger partial charge is 0.352 e. The van der Waals surface area contributed by atoms with Crippen LogP contribution in [0, 0.1) is 0 Å². The Labute approximate surface area is 141 Å². The molecule has 0 aliphatic carbocycles. The number of benzene rings is 1. The molecule has 0 atom stereocenters. The van der Waals surface area contributed by atoms with Gasteiger partial charge < -0.3 is 9.47 Å². The normalized spacial score (nSPS) is 9.40. The van der Waals surface area contributed by atoms with E-state index in [1.807, 2.05) is 0 Å². The Balaban J connectivity index is 0.00000361. The molecule has 8 heteroatoms. The summed E-state index contributed by atoms with van der Waals surface area (Å²) in [5, 5.41) is 0.680. The van der Waals surface area contributed by atoms with E-state index in [2.05, 4.69) is 11.3 Å². The Hall–Kier alpha value is -0.711. The summed E-state index contributed by atoms with van der Waals surface area (Å²) in [6, 6.07) is 2.74. The number of rotatable bonds is 4. The number of hydrogen-bond acceptors (Lipinski definition) is 4. The largest absolute Gasteiger partial charge is 0.480 e. The van der Waals surface area contributed by atoms with Gasteiger partial charge >= 0.3 is 11.9 Å². The zero-order chi connectivity index (χ0) is 14.6. The van der Waals surface area contributed by atoms with E-state index in [0.29, 0.717) is 0 Å². The van der Waals surface area contributed by atoms with Gasteiger partial charge in [-0.15, -0.1) is 0 Å². The number of carbonyl (C=O) groups is 2. The summed E-state index contributed by atoms with van der Waals surface area (Å²) in [4.78, 5) is 22.4. The standard InChI is InChI=1S/C12H9Cl3O4.Cu/c1-6(2)12(17)19-11(16)5-18-10-4-8(14)7(13)3-9(10)15;/h3-4H,1,5H2,2H3;. The summed E-state index contributed by atoms with van der Waals surface area (Å²) in [7, 11) is 0. The first-order chi connectivity index (χ1) is 8.81. The first-order valence-corrected chi connectivity index (χ1v) is 6.12. The van der Waals surface area contributed by atoms with E-state index in [9.17, 15) is 9.59 Å². The SMILES string of the molecule is C=C(C)C(=O)OC(=O)COc1cc(Cl)c(Cl)cc1Cl.[Cu]. The average molecular weight is 387 g/mol. The second-order valence-electron chi connectivity index (χ2n) is 3.53. The zero-order valence-electron chi connectivity index (χ0n) is 10.1. The van der Waals surface area contributed by atoms with Gasteiger partial charge in [-0.1, -0.05) is 41.4 Å². The Bertz CT molecular complexity index is 546. The number of carbonyl (C=O) groups excluding carboxylic acids is 2. The zero-order valence-corrected chi connectivity index (χ0v) is 13.3. The summed E-state index contributed by atoms with van der Waals surface area (Å²) in [5.74, 6) is -1.51. The van der Waals surface area contributed by atoms with E-state index < -0.39 is 18.5 Å². The van der Waals surface area contributed by atoms with Crippen LogP contribution in [0.2, 0.25) is 15.1 Å². The molecule has 0 saturated heterocycles. The second kappa shape index (κ2) is 8.55. The third-order valence-corrected chi connectivity index (χ3v) is 2.89. The van der Waals surface area contributed by atoms with E-state index in [1.54, 1.807) is 0 Å². The number of ether oxygens (including phenoxy) is 2. The fourth-order valence-corrected chi connectivity index (χ4v) is 1.56. The van der Waals surface area contributed by atoms with Crippen LogP contribution in [0.3, 0.4) is 0 Å². The fraction of sp³-hybridized carbons (Fsp3) is 0.167. The molecule has 0 aliphatic heterocycles. The molecule has 0 spiro atoms. The summed E-state index contributed by atoms with van der Waals surface area (Å²) in [6.07, 6.45) is 0. The van der Waals surface area contributed by atoms with Gasteiger partial charge in [0.25, 0.3) is 0 Å². The van der Waals surface area contributed by atoms with Gasteiger partial charge in [-0.2, -0.15) is 0 Å². The molecule has 0 aromatic heterocycles. The van der Waals surface area contributed by atoms with Crippen molar-refractivity contribution in [3.8, 4) is 5.75 Å². The van der Waals surface area contributed by atoms with Gasteiger partial charge in [0.2, 0.25) is 0 Å². The molecular weight excluding hydrogens is 378 g/mol. The molecule has 1 aromatic rings. The van der Waals surface area contributed by atoms with Crippen molar-refractivity contribution >= 4 is 46.7 Å². The van der Waals surface area contributed by atoms with Crippen molar-refractivity contribution in [1.29, 1.82) is 0 Å². The van der Waals surface area contributed by atoms with Crippen LogP contribution in [-0.4, -0.2) is 18.5 Å². The maximum Gasteiger partial charge on any atom is 0.352 e. The monoisotopic (exact) mass is 385 g/mol. The molecular formula is C12H9Cl3CuO4. The number of halogens is 3. The molecule has 1 aromatic carbocycles. The van der Waals surface area contributed by atoms with E-state index in [0.717, 1.165) is 0 Å². The van der Waals surface area contributed by atoms with Crippen LogP contribution in [-0.2, 0) is 31.4 Å². The molecule has 0 bridgehead atoms. The van der Waals surface area contributed by atoms with E-state index >= 15 is 0 Å². The van der Waals surface area contributed by atoms with Crippen LogP contribution in [0.1, 0.15) is 6.92 Å². The van der Waals surface area contributed by atoms with Crippen molar-refractivity contribution in [2.45, 2.75) is 6.92 Å². The molecule has 0 fully saturated rings. The van der Waals surface area contributed by atoms with Crippen LogP contribution in [0.25, 0.3) is 0 Å². The molecule has 1 rings (SSSR count). The molecule has 0 aliphatic rings. The second-order valence-corrected chi connectivity index (χ2v) is 4.75. The summed E-state index contributed by atoms with van der Waals surface area (Å²) in [6.45, 7) is 4.27. The van der Waals surface area contributed by atoms with Gasteiger partial charge in [-0.25, -0.2) is 9.59 Å². The van der Waals surface area contributed by atoms with Crippen LogP contribution in [0.5, 0.6) is 5.75 Å². The van der Waals surface area contributed by atoms with Crippen molar-refractivity contribution in [1.82, 2.24) is 0 Å². The van der Waals surface area contributed by atoms with Crippen LogP contribution >= 0.6 is 34.8 Å². The topological polar surface area (TPSA) is 52.6 Å². The summed E-state index contributed by atoms with van der Waals surface area (Å²) >= 11 is 17.3. The molecule has 0 unspecified atom stereocenters. The number of hydrogen-bond donors (Lipinski definition) is 0.